The van der Waals surface area contributed by atoms with Crippen molar-refractivity contribution < 1.29 is 32.2 Å². The van der Waals surface area contributed by atoms with Crippen molar-refractivity contribution in [3.8, 4) is 11.5 Å². The fourth-order valence-electron chi connectivity index (χ4n) is 4.71. The number of para-hydroxylation sites is 1. The van der Waals surface area contributed by atoms with Gasteiger partial charge in [-0.15, -0.1) is 0 Å². The molecular weight excluding hydrogens is 461 g/mol. The zero-order chi connectivity index (χ0) is 25.3. The summed E-state index contributed by atoms with van der Waals surface area (Å²) in [6, 6.07) is 9.63. The molecule has 0 spiro atoms. The molecule has 0 unspecified atom stereocenters. The number of dihydropyridines is 1. The highest BCUT2D eigenvalue weighted by Gasteiger charge is 2.40. The predicted molar refractivity (Wildman–Crippen MR) is 124 cm³/mol. The topological polar surface area (TPSA) is 76.7 Å². The first-order valence-electron chi connectivity index (χ1n) is 11.1. The molecule has 1 heterocycles. The van der Waals surface area contributed by atoms with E-state index in [0.717, 1.165) is 17.8 Å². The van der Waals surface area contributed by atoms with Gasteiger partial charge in [0.05, 0.1) is 25.7 Å². The minimum absolute atomic E-state index is 0.00349. The van der Waals surface area contributed by atoms with E-state index in [1.807, 2.05) is 0 Å². The lowest BCUT2D eigenvalue weighted by Crippen LogP contribution is -2.35. The maximum atomic E-state index is 13.6. The number of amides is 1. The molecule has 9 heteroatoms. The number of benzene rings is 2. The second-order valence-corrected chi connectivity index (χ2v) is 8.38. The Labute approximate surface area is 200 Å². The molecule has 35 heavy (non-hydrogen) atoms. The highest BCUT2D eigenvalue weighted by molar-refractivity contribution is 6.10. The maximum absolute atomic E-state index is 13.6. The standard InChI is InChI=1S/C26H25F3N2O4/c1-14-21(25(33)31-16-8-4-7-15(13-16)26(27,28)29)22(23-18(30-14)10-6-11-19(23)32)17-9-5-12-20(34-2)24(17)35-3/h4-5,7-9,12-13,22,30H,6,10-11H2,1-3H3,(H,31,33)/t22-/m0/s1. The molecule has 1 amide bonds. The summed E-state index contributed by atoms with van der Waals surface area (Å²) in [4.78, 5) is 26.7. The summed E-state index contributed by atoms with van der Waals surface area (Å²) in [5.41, 5.74) is 1.62. The summed E-state index contributed by atoms with van der Waals surface area (Å²) in [7, 11) is 2.96. The predicted octanol–water partition coefficient (Wildman–Crippen LogP) is 5.33. The lowest BCUT2D eigenvalue weighted by atomic mass is 9.74. The molecule has 0 bridgehead atoms. The lowest BCUT2D eigenvalue weighted by Gasteiger charge is -2.35. The number of nitrogens with one attached hydrogen (secondary N) is 2. The van der Waals surface area contributed by atoms with Crippen LogP contribution in [0, 0.1) is 0 Å². The summed E-state index contributed by atoms with van der Waals surface area (Å²) in [6.07, 6.45) is -2.88. The third-order valence-corrected chi connectivity index (χ3v) is 6.21. The van der Waals surface area contributed by atoms with Crippen LogP contribution in [0.1, 0.15) is 43.2 Å². The van der Waals surface area contributed by atoms with Gasteiger partial charge in [0.25, 0.3) is 5.91 Å². The maximum Gasteiger partial charge on any atom is 0.416 e. The number of halogens is 3. The van der Waals surface area contributed by atoms with Crippen molar-refractivity contribution in [2.75, 3.05) is 19.5 Å². The smallest absolute Gasteiger partial charge is 0.416 e. The number of hydrogen-bond acceptors (Lipinski definition) is 5. The molecule has 0 saturated carbocycles. The number of anilines is 1. The van der Waals surface area contributed by atoms with Crippen molar-refractivity contribution in [1.29, 1.82) is 0 Å². The summed E-state index contributed by atoms with van der Waals surface area (Å²) in [5.74, 6) is -0.678. The highest BCUT2D eigenvalue weighted by Crippen LogP contribution is 2.47. The highest BCUT2D eigenvalue weighted by atomic mass is 19.4. The number of rotatable bonds is 5. The Morgan fingerprint density at radius 3 is 2.51 bits per heavy atom. The van der Waals surface area contributed by atoms with Crippen LogP contribution in [-0.2, 0) is 15.8 Å². The molecule has 1 aliphatic carbocycles. The SMILES string of the molecule is COc1cccc([C@H]2C(C(=O)Nc3cccc(C(F)(F)F)c3)=C(C)NC3=C2C(=O)CCC3)c1OC. The number of allylic oxidation sites excluding steroid dienone is 3. The molecule has 0 fully saturated rings. The number of methoxy groups -OCH3 is 2. The van der Waals surface area contributed by atoms with Gasteiger partial charge >= 0.3 is 6.18 Å². The van der Waals surface area contributed by atoms with Crippen molar-refractivity contribution in [3.63, 3.8) is 0 Å². The Balaban J connectivity index is 1.82. The number of carbonyl (C=O) groups excluding carboxylic acids is 2. The van der Waals surface area contributed by atoms with Crippen LogP contribution in [0.4, 0.5) is 18.9 Å². The number of hydrogen-bond donors (Lipinski definition) is 2. The third-order valence-electron chi connectivity index (χ3n) is 6.21. The number of ether oxygens (including phenoxy) is 2. The molecule has 2 aliphatic rings. The van der Waals surface area contributed by atoms with Gasteiger partial charge in [0.2, 0.25) is 0 Å². The molecule has 0 aromatic heterocycles. The Bertz CT molecular complexity index is 1250. The average molecular weight is 486 g/mol. The lowest BCUT2D eigenvalue weighted by molar-refractivity contribution is -0.137. The van der Waals surface area contributed by atoms with E-state index in [9.17, 15) is 22.8 Å². The number of Topliss-reactive ketones (excluding diaryl/α,β-unsaturated/α-hetero) is 1. The van der Waals surface area contributed by atoms with Crippen LogP contribution in [-0.4, -0.2) is 25.9 Å². The van der Waals surface area contributed by atoms with Gasteiger partial charge < -0.3 is 20.1 Å². The molecule has 6 nitrogen and oxygen atoms in total. The van der Waals surface area contributed by atoms with Gasteiger partial charge in [-0.3, -0.25) is 9.59 Å². The van der Waals surface area contributed by atoms with E-state index in [4.69, 9.17) is 9.47 Å². The summed E-state index contributed by atoms with van der Waals surface area (Å²) in [5, 5.41) is 5.78. The van der Waals surface area contributed by atoms with Crippen molar-refractivity contribution in [3.05, 3.63) is 76.1 Å². The van der Waals surface area contributed by atoms with Gasteiger partial charge in [0.15, 0.2) is 17.3 Å². The van der Waals surface area contributed by atoms with Crippen LogP contribution in [0.3, 0.4) is 0 Å². The first kappa shape index (κ1) is 24.4. The Morgan fingerprint density at radius 1 is 1.09 bits per heavy atom. The van der Waals surface area contributed by atoms with Crippen LogP contribution in [0.25, 0.3) is 0 Å². The van der Waals surface area contributed by atoms with Crippen LogP contribution in [0.2, 0.25) is 0 Å². The Morgan fingerprint density at radius 2 is 1.83 bits per heavy atom. The number of alkyl halides is 3. The van der Waals surface area contributed by atoms with Gasteiger partial charge in [-0.25, -0.2) is 0 Å². The van der Waals surface area contributed by atoms with Gasteiger partial charge in [-0.2, -0.15) is 13.2 Å². The minimum Gasteiger partial charge on any atom is -0.493 e. The van der Waals surface area contributed by atoms with Crippen molar-refractivity contribution >= 4 is 17.4 Å². The van der Waals surface area contributed by atoms with E-state index in [1.54, 1.807) is 25.1 Å². The van der Waals surface area contributed by atoms with E-state index < -0.39 is 23.6 Å². The van der Waals surface area contributed by atoms with Crippen LogP contribution in [0.5, 0.6) is 11.5 Å². The largest absolute Gasteiger partial charge is 0.493 e. The molecule has 1 atom stereocenters. The summed E-state index contributed by atoms with van der Waals surface area (Å²) >= 11 is 0. The molecule has 2 N–H and O–H groups in total. The first-order valence-corrected chi connectivity index (χ1v) is 11.1. The molecule has 2 aromatic rings. The third kappa shape index (κ3) is 4.62. The molecule has 184 valence electrons. The van der Waals surface area contributed by atoms with Crippen LogP contribution < -0.4 is 20.1 Å². The number of carbonyl (C=O) groups is 2. The quantitative estimate of drug-likeness (QED) is 0.598. The second kappa shape index (κ2) is 9.48. The van der Waals surface area contributed by atoms with E-state index in [1.165, 1.54) is 26.4 Å². The van der Waals surface area contributed by atoms with Gasteiger partial charge in [-0.1, -0.05) is 18.2 Å². The van der Waals surface area contributed by atoms with Gasteiger partial charge in [0, 0.05) is 40.2 Å². The molecule has 0 radical (unpaired) electrons. The fraction of sp³-hybridized carbons (Fsp3) is 0.308. The zero-order valence-corrected chi connectivity index (χ0v) is 19.5. The second-order valence-electron chi connectivity index (χ2n) is 8.38. The Hall–Kier alpha value is -3.75. The van der Waals surface area contributed by atoms with E-state index in [2.05, 4.69) is 10.6 Å². The van der Waals surface area contributed by atoms with Crippen molar-refractivity contribution in [2.45, 2.75) is 38.3 Å². The molecule has 4 rings (SSSR count). The average Bonchev–Trinajstić information content (AvgIpc) is 2.82. The van der Waals surface area contributed by atoms with E-state index in [-0.39, 0.29) is 17.0 Å². The molecule has 2 aromatic carbocycles. The zero-order valence-electron chi connectivity index (χ0n) is 19.5. The van der Waals surface area contributed by atoms with Gasteiger partial charge in [-0.05, 0) is 44.0 Å². The normalized spacial score (nSPS) is 18.1. The Kier molecular flexibility index (Phi) is 6.60. The molecular formula is C26H25F3N2O4. The number of ketones is 1. The van der Waals surface area contributed by atoms with Crippen molar-refractivity contribution in [1.82, 2.24) is 5.32 Å². The first-order chi connectivity index (χ1) is 16.7. The van der Waals surface area contributed by atoms with Crippen LogP contribution >= 0.6 is 0 Å². The molecule has 1 aliphatic heterocycles. The monoisotopic (exact) mass is 486 g/mol. The fourth-order valence-corrected chi connectivity index (χ4v) is 4.71. The minimum atomic E-state index is -4.55. The van der Waals surface area contributed by atoms with Gasteiger partial charge in [0.1, 0.15) is 0 Å². The summed E-state index contributed by atoms with van der Waals surface area (Å²) in [6.45, 7) is 1.71. The van der Waals surface area contributed by atoms with E-state index in [0.29, 0.717) is 47.6 Å². The summed E-state index contributed by atoms with van der Waals surface area (Å²) < 4.78 is 50.6. The van der Waals surface area contributed by atoms with Crippen molar-refractivity contribution in [2.24, 2.45) is 0 Å². The van der Waals surface area contributed by atoms with E-state index >= 15 is 0 Å². The molecule has 0 saturated heterocycles. The van der Waals surface area contributed by atoms with Crippen LogP contribution in [0.15, 0.2) is 65.0 Å².